The largest absolute Gasteiger partial charge is 0.506 e. The van der Waals surface area contributed by atoms with Gasteiger partial charge in [-0.2, -0.15) is 0 Å². The number of likely N-dealkylation sites (N-methyl/N-ethyl adjacent to an activating group) is 1. The molecule has 1 aromatic heterocycles. The van der Waals surface area contributed by atoms with Gasteiger partial charge in [0.25, 0.3) is 17.7 Å². The van der Waals surface area contributed by atoms with E-state index in [2.05, 4.69) is 25.8 Å². The van der Waals surface area contributed by atoms with Crippen molar-refractivity contribution in [3.05, 3.63) is 52.0 Å². The number of anilines is 1. The van der Waals surface area contributed by atoms with Gasteiger partial charge in [0.2, 0.25) is 17.7 Å². The molecule has 6 atom stereocenters. The van der Waals surface area contributed by atoms with Crippen LogP contribution in [-0.4, -0.2) is 127 Å². The van der Waals surface area contributed by atoms with Crippen LogP contribution in [0.4, 0.5) is 5.69 Å². The Kier molecular flexibility index (Phi) is 20.9. The minimum Gasteiger partial charge on any atom is -0.506 e. The number of nitrogens with zero attached hydrogens (tertiary/aromatic N) is 4. The van der Waals surface area contributed by atoms with E-state index in [-0.39, 0.29) is 91.5 Å². The van der Waals surface area contributed by atoms with Gasteiger partial charge in [-0.25, -0.2) is 4.98 Å². The number of hydrogen-bond donors (Lipinski definition) is 5. The van der Waals surface area contributed by atoms with E-state index < -0.39 is 71.3 Å². The van der Waals surface area contributed by atoms with Crippen molar-refractivity contribution in [3.8, 4) is 5.75 Å². The number of aromatic hydroxyl groups is 1. The number of benzene rings is 1. The number of phenolic OH excluding ortho intramolecular Hbond substituents is 1. The first-order chi connectivity index (χ1) is 31.7. The second kappa shape index (κ2) is 25.1. The van der Waals surface area contributed by atoms with Crippen molar-refractivity contribution in [2.24, 2.45) is 17.8 Å². The van der Waals surface area contributed by atoms with Crippen molar-refractivity contribution in [3.63, 3.8) is 0 Å². The average molecular weight is 968 g/mol. The predicted octanol–water partition coefficient (Wildman–Crippen LogP) is 5.85. The van der Waals surface area contributed by atoms with Crippen LogP contribution in [0.3, 0.4) is 0 Å². The van der Waals surface area contributed by atoms with Gasteiger partial charge in [0.15, 0.2) is 6.10 Å². The fourth-order valence-corrected chi connectivity index (χ4v) is 9.60. The number of hydrogen-bond acceptors (Lipinski definition) is 13. The molecule has 376 valence electrons. The maximum absolute atomic E-state index is 14.5. The summed E-state index contributed by atoms with van der Waals surface area (Å²) in [7, 11) is 1.67. The Labute approximate surface area is 404 Å². The zero-order chi connectivity index (χ0) is 51.4. The van der Waals surface area contributed by atoms with E-state index in [1.54, 1.807) is 18.0 Å². The number of carboxylic acids is 1. The van der Waals surface area contributed by atoms with Crippen LogP contribution in [0.2, 0.25) is 0 Å². The van der Waals surface area contributed by atoms with Crippen LogP contribution >= 0.6 is 11.3 Å². The fraction of sp³-hybridized carbons (Fsp3) is 0.612. The highest BCUT2D eigenvalue weighted by atomic mass is 32.1. The Balaban J connectivity index is 1.83. The maximum Gasteiger partial charge on any atom is 0.306 e. The van der Waals surface area contributed by atoms with Crippen molar-refractivity contribution < 1.29 is 53.3 Å². The van der Waals surface area contributed by atoms with Crippen LogP contribution in [-0.2, 0) is 44.7 Å². The lowest BCUT2D eigenvalue weighted by Gasteiger charge is -2.44. The number of thiazole rings is 1. The number of ether oxygens (including phenoxy) is 1. The van der Waals surface area contributed by atoms with Crippen LogP contribution in [0.15, 0.2) is 35.7 Å². The third-order valence-corrected chi connectivity index (χ3v) is 13.3. The van der Waals surface area contributed by atoms with Gasteiger partial charge in [-0.3, -0.25) is 48.2 Å². The van der Waals surface area contributed by atoms with Crippen LogP contribution in [0.5, 0.6) is 5.75 Å². The van der Waals surface area contributed by atoms with Crippen LogP contribution in [0.25, 0.3) is 0 Å². The number of carbonyl (C=O) groups excluding carboxylic acids is 7. The van der Waals surface area contributed by atoms with Crippen molar-refractivity contribution in [2.45, 2.75) is 163 Å². The third kappa shape index (κ3) is 15.4. The van der Waals surface area contributed by atoms with Crippen molar-refractivity contribution in [1.29, 1.82) is 0 Å². The molecule has 1 aliphatic rings. The number of rotatable bonds is 26. The zero-order valence-electron chi connectivity index (χ0n) is 41.9. The van der Waals surface area contributed by atoms with E-state index in [9.17, 15) is 48.6 Å². The lowest BCUT2D eigenvalue weighted by atomic mass is 9.91. The summed E-state index contributed by atoms with van der Waals surface area (Å²) in [6.45, 7) is 22.4. The van der Waals surface area contributed by atoms with Crippen molar-refractivity contribution in [2.75, 3.05) is 18.9 Å². The van der Waals surface area contributed by atoms with Gasteiger partial charge >= 0.3 is 11.9 Å². The van der Waals surface area contributed by atoms with Gasteiger partial charge in [0.05, 0.1) is 17.1 Å². The molecule has 18 nitrogen and oxygen atoms in total. The standard InChI is InChI=1S/C49H73N7O11S/c1-14-30(8)43(53-48(66)49(11,12)56(28(4)5)29(6)7)46(63)54(13)37(27(2)3)25-39(67-32(10)57)45-52-36(26-68-45)44(62)50-34(22-31(9)47(64)65)23-33-17-18-38(58)35(24-33)51-40(59)16-15-21-55-41(60)19-20-42(55)61/h17-20,24,26-31,34,37,39,43,58H,14-16,21-23,25H2,1-13H3,(H,50,62)(H,51,59)(H,53,66)(H,64,65)/t30-,31+,34+,37+,39+,43-/m0/s1. The number of nitrogens with one attached hydrogen (secondary N) is 3. The Hall–Kier alpha value is -5.69. The molecular formula is C49H73N7O11S. The SMILES string of the molecule is CC[C@H](C)[C@H](NC(=O)C(C)(C)N(C(C)C)C(C)C)C(=O)N(C)[C@H](C[C@@H](OC(C)=O)c1nc(C(=O)N[C@@H](Cc2ccc(O)c(NC(=O)CCCN3C(=O)C=CC3=O)c2)C[C@@H](C)C(=O)O)cs1)C(C)C. The number of carbonyl (C=O) groups is 8. The second-order valence-electron chi connectivity index (χ2n) is 19.2. The predicted molar refractivity (Wildman–Crippen MR) is 258 cm³/mol. The third-order valence-electron chi connectivity index (χ3n) is 12.4. The Bertz CT molecular complexity index is 2140. The minimum atomic E-state index is -1.08. The molecule has 0 saturated heterocycles. The van der Waals surface area contributed by atoms with Gasteiger partial charge in [-0.05, 0) is 90.3 Å². The van der Waals surface area contributed by atoms with Crippen molar-refractivity contribution in [1.82, 2.24) is 30.3 Å². The van der Waals surface area contributed by atoms with E-state index in [1.807, 2.05) is 69.2 Å². The quantitative estimate of drug-likeness (QED) is 0.0423. The normalized spacial score (nSPS) is 15.6. The summed E-state index contributed by atoms with van der Waals surface area (Å²) in [6, 6.07) is 2.48. The smallest absolute Gasteiger partial charge is 0.306 e. The number of esters is 1. The highest BCUT2D eigenvalue weighted by Gasteiger charge is 2.42. The molecule has 3 rings (SSSR count). The summed E-state index contributed by atoms with van der Waals surface area (Å²) in [4.78, 5) is 113. The van der Waals surface area contributed by atoms with Gasteiger partial charge in [0.1, 0.15) is 22.5 Å². The topological polar surface area (TPSA) is 245 Å². The molecule has 0 unspecified atom stereocenters. The Morgan fingerprint density at radius 2 is 1.54 bits per heavy atom. The van der Waals surface area contributed by atoms with E-state index >= 15 is 0 Å². The molecule has 0 bridgehead atoms. The number of amides is 6. The molecule has 2 heterocycles. The molecule has 0 fully saturated rings. The van der Waals surface area contributed by atoms with E-state index in [0.717, 1.165) is 28.4 Å². The summed E-state index contributed by atoms with van der Waals surface area (Å²) >= 11 is 1.09. The number of imide groups is 1. The number of aromatic nitrogens is 1. The first-order valence-electron chi connectivity index (χ1n) is 23.4. The molecule has 19 heteroatoms. The molecule has 68 heavy (non-hydrogen) atoms. The van der Waals surface area contributed by atoms with Crippen molar-refractivity contribution >= 4 is 64.4 Å². The first kappa shape index (κ1) is 56.6. The average Bonchev–Trinajstić information content (AvgIpc) is 3.87. The van der Waals surface area contributed by atoms with E-state index in [4.69, 9.17) is 4.74 Å². The number of carboxylic acid groups (broad SMARTS) is 1. The molecule has 0 radical (unpaired) electrons. The molecular weight excluding hydrogens is 895 g/mol. The zero-order valence-corrected chi connectivity index (χ0v) is 42.7. The molecule has 1 aliphatic heterocycles. The van der Waals surface area contributed by atoms with Crippen LogP contribution in [0, 0.1) is 17.8 Å². The van der Waals surface area contributed by atoms with Crippen LogP contribution < -0.4 is 16.0 Å². The summed E-state index contributed by atoms with van der Waals surface area (Å²) in [5.74, 6) is -5.70. The highest BCUT2D eigenvalue weighted by Crippen LogP contribution is 2.32. The van der Waals surface area contributed by atoms with Gasteiger partial charge in [0, 0.05) is 75.1 Å². The Morgan fingerprint density at radius 3 is 2.09 bits per heavy atom. The summed E-state index contributed by atoms with van der Waals surface area (Å²) in [5.41, 5.74) is -0.300. The molecule has 2 aromatic rings. The monoisotopic (exact) mass is 968 g/mol. The Morgan fingerprint density at radius 1 is 0.926 bits per heavy atom. The summed E-state index contributed by atoms with van der Waals surface area (Å²) in [5, 5.41) is 30.8. The molecule has 1 aromatic carbocycles. The fourth-order valence-electron chi connectivity index (χ4n) is 8.76. The molecule has 0 saturated carbocycles. The highest BCUT2D eigenvalue weighted by molar-refractivity contribution is 7.09. The van der Waals surface area contributed by atoms with Crippen LogP contribution in [0.1, 0.15) is 142 Å². The first-order valence-corrected chi connectivity index (χ1v) is 24.2. The minimum absolute atomic E-state index is 0.00794. The van der Waals surface area contributed by atoms with Gasteiger partial charge in [-0.15, -0.1) is 11.3 Å². The number of phenols is 1. The van der Waals surface area contributed by atoms with Gasteiger partial charge < -0.3 is 35.8 Å². The lowest BCUT2D eigenvalue weighted by Crippen LogP contribution is -2.63. The molecule has 0 spiro atoms. The lowest BCUT2D eigenvalue weighted by molar-refractivity contribution is -0.149. The summed E-state index contributed by atoms with van der Waals surface area (Å²) in [6.07, 6.45) is 2.36. The molecule has 5 N–H and O–H groups in total. The summed E-state index contributed by atoms with van der Waals surface area (Å²) < 4.78 is 5.81. The van der Waals surface area contributed by atoms with E-state index in [0.29, 0.717) is 17.0 Å². The maximum atomic E-state index is 14.5. The second-order valence-corrected chi connectivity index (χ2v) is 20.1. The molecule has 6 amide bonds. The number of aliphatic carboxylic acids is 1. The van der Waals surface area contributed by atoms with E-state index in [1.165, 1.54) is 31.4 Å². The van der Waals surface area contributed by atoms with Gasteiger partial charge in [-0.1, -0.05) is 47.1 Å². The molecule has 0 aliphatic carbocycles.